The minimum atomic E-state index is -5.48. The van der Waals surface area contributed by atoms with E-state index in [9.17, 15) is 26.4 Å². The first kappa shape index (κ1) is 23.3. The van der Waals surface area contributed by atoms with Gasteiger partial charge in [-0.3, -0.25) is 4.79 Å². The lowest BCUT2D eigenvalue weighted by molar-refractivity contribution is -0.0436. The molecule has 0 fully saturated rings. The number of alkyl halides is 3. The summed E-state index contributed by atoms with van der Waals surface area (Å²) < 4.78 is 61.9. The number of nitrogens with one attached hydrogen (secondary N) is 1. The van der Waals surface area contributed by atoms with E-state index in [1.807, 2.05) is 0 Å². The van der Waals surface area contributed by atoms with Crippen LogP contribution in [-0.4, -0.2) is 44.6 Å². The summed E-state index contributed by atoms with van der Waals surface area (Å²) in [6.45, 7) is 1.61. The lowest BCUT2D eigenvalue weighted by Crippen LogP contribution is -2.29. The van der Waals surface area contributed by atoms with Crippen LogP contribution < -0.4 is 5.32 Å². The molecule has 0 saturated heterocycles. The second-order valence-corrected chi connectivity index (χ2v) is 7.69. The van der Waals surface area contributed by atoms with E-state index in [1.54, 1.807) is 13.0 Å². The molecule has 0 aliphatic carbocycles. The lowest BCUT2D eigenvalue weighted by Gasteiger charge is -2.14. The minimum Gasteiger partial charge on any atom is -0.342 e. The molecule has 2 heterocycles. The molecule has 0 aliphatic heterocycles. The van der Waals surface area contributed by atoms with Gasteiger partial charge in [0.2, 0.25) is 0 Å². The summed E-state index contributed by atoms with van der Waals surface area (Å²) in [5.41, 5.74) is -5.45. The topological polar surface area (TPSA) is 120 Å². The molecule has 14 heteroatoms. The fraction of sp³-hybridized carbons (Fsp3) is 0.188. The highest BCUT2D eigenvalue weighted by molar-refractivity contribution is 7.92. The van der Waals surface area contributed by atoms with Gasteiger partial charge in [-0.25, -0.2) is 23.4 Å². The summed E-state index contributed by atoms with van der Waals surface area (Å²) in [6, 6.07) is 4.39. The maximum absolute atomic E-state index is 12.6. The zero-order chi connectivity index (χ0) is 21.2. The molecule has 160 valence electrons. The number of halogens is 3. The first-order chi connectivity index (χ1) is 13.6. The van der Waals surface area contributed by atoms with Crippen LogP contribution in [0.4, 0.5) is 13.2 Å². The molecule has 2 aromatic heterocycles. The Balaban J connectivity index is 0.00000320. The van der Waals surface area contributed by atoms with Crippen molar-refractivity contribution in [2.75, 3.05) is 0 Å². The Labute approximate surface area is 175 Å². The standard InChI is InChI=1S/C16H13F3N6O3S.H2S/c1-10(13-22-9-23-25(13)15-20-7-2-8-21-15)24-14(26)11-3-5-12(6-4-11)29(27,28)16(17,18)19;/h2-10H,1H3,(H,24,26);1H2/t10-;/m1./s1. The quantitative estimate of drug-likeness (QED) is 0.618. The van der Waals surface area contributed by atoms with Crippen molar-refractivity contribution in [1.82, 2.24) is 30.0 Å². The van der Waals surface area contributed by atoms with Crippen LogP contribution in [0.3, 0.4) is 0 Å². The van der Waals surface area contributed by atoms with Gasteiger partial charge in [0.25, 0.3) is 21.7 Å². The lowest BCUT2D eigenvalue weighted by atomic mass is 10.2. The first-order valence-corrected chi connectivity index (χ1v) is 9.49. The molecule has 0 aliphatic rings. The predicted molar refractivity (Wildman–Crippen MR) is 103 cm³/mol. The number of carbonyl (C=O) groups is 1. The third-order valence-electron chi connectivity index (χ3n) is 3.78. The SMILES string of the molecule is C[C@@H](NC(=O)c1ccc(S(=O)(=O)C(F)(F)F)cc1)c1ncnn1-c1ncccn1.S. The number of hydrogen-bond donors (Lipinski definition) is 1. The number of sulfone groups is 1. The van der Waals surface area contributed by atoms with Crippen LogP contribution in [0.1, 0.15) is 29.1 Å². The van der Waals surface area contributed by atoms with E-state index in [2.05, 4.69) is 25.4 Å². The Morgan fingerprint density at radius 3 is 2.27 bits per heavy atom. The van der Waals surface area contributed by atoms with E-state index in [1.165, 1.54) is 23.4 Å². The second-order valence-electron chi connectivity index (χ2n) is 5.75. The summed E-state index contributed by atoms with van der Waals surface area (Å²) >= 11 is 0. The average molecular weight is 460 g/mol. The fourth-order valence-corrected chi connectivity index (χ4v) is 3.13. The molecule has 3 rings (SSSR count). The number of carbonyl (C=O) groups excluding carboxylic acids is 1. The van der Waals surface area contributed by atoms with Crippen molar-refractivity contribution in [3.63, 3.8) is 0 Å². The molecule has 0 radical (unpaired) electrons. The van der Waals surface area contributed by atoms with Crippen molar-refractivity contribution in [1.29, 1.82) is 0 Å². The van der Waals surface area contributed by atoms with Crippen molar-refractivity contribution < 1.29 is 26.4 Å². The highest BCUT2D eigenvalue weighted by Gasteiger charge is 2.46. The summed E-state index contributed by atoms with van der Waals surface area (Å²) in [4.78, 5) is 23.6. The van der Waals surface area contributed by atoms with Crippen molar-refractivity contribution in [3.05, 3.63) is 60.4 Å². The van der Waals surface area contributed by atoms with Crippen LogP contribution in [0.15, 0.2) is 53.9 Å². The highest BCUT2D eigenvalue weighted by Crippen LogP contribution is 2.30. The smallest absolute Gasteiger partial charge is 0.342 e. The van der Waals surface area contributed by atoms with Gasteiger partial charge in [-0.1, -0.05) is 0 Å². The largest absolute Gasteiger partial charge is 0.501 e. The molecule has 0 spiro atoms. The van der Waals surface area contributed by atoms with Gasteiger partial charge in [-0.2, -0.15) is 36.4 Å². The van der Waals surface area contributed by atoms with E-state index in [-0.39, 0.29) is 25.0 Å². The average Bonchev–Trinajstić information content (AvgIpc) is 3.18. The van der Waals surface area contributed by atoms with Crippen LogP contribution in [0.25, 0.3) is 5.95 Å². The summed E-state index contributed by atoms with van der Waals surface area (Å²) in [6.07, 6.45) is 4.27. The van der Waals surface area contributed by atoms with Gasteiger partial charge in [-0.05, 0) is 37.3 Å². The van der Waals surface area contributed by atoms with Crippen LogP contribution in [0.2, 0.25) is 0 Å². The van der Waals surface area contributed by atoms with Crippen LogP contribution >= 0.6 is 13.5 Å². The Morgan fingerprint density at radius 1 is 1.10 bits per heavy atom. The third-order valence-corrected chi connectivity index (χ3v) is 5.28. The highest BCUT2D eigenvalue weighted by atomic mass is 32.2. The van der Waals surface area contributed by atoms with Gasteiger partial charge >= 0.3 is 5.51 Å². The first-order valence-electron chi connectivity index (χ1n) is 8.01. The molecule has 0 saturated carbocycles. The maximum Gasteiger partial charge on any atom is 0.501 e. The minimum absolute atomic E-state index is 0. The molecule has 1 atom stereocenters. The normalized spacial score (nSPS) is 12.7. The molecule has 30 heavy (non-hydrogen) atoms. The number of nitrogens with zero attached hydrogens (tertiary/aromatic N) is 5. The van der Waals surface area contributed by atoms with E-state index >= 15 is 0 Å². The van der Waals surface area contributed by atoms with Gasteiger partial charge in [-0.15, -0.1) is 0 Å². The van der Waals surface area contributed by atoms with E-state index in [0.29, 0.717) is 5.82 Å². The molecular weight excluding hydrogens is 445 g/mol. The molecule has 1 amide bonds. The van der Waals surface area contributed by atoms with Crippen LogP contribution in [-0.2, 0) is 9.84 Å². The number of aromatic nitrogens is 5. The summed E-state index contributed by atoms with van der Waals surface area (Å²) in [5.74, 6) is -0.0828. The number of hydrogen-bond acceptors (Lipinski definition) is 7. The molecular formula is C16H15F3N6O3S2. The number of amides is 1. The van der Waals surface area contributed by atoms with Gasteiger partial charge in [0.05, 0.1) is 10.9 Å². The Morgan fingerprint density at radius 2 is 1.70 bits per heavy atom. The molecule has 1 N–H and O–H groups in total. The van der Waals surface area contributed by atoms with Gasteiger partial charge in [0.1, 0.15) is 6.33 Å². The summed E-state index contributed by atoms with van der Waals surface area (Å²) in [7, 11) is -5.48. The molecule has 3 aromatic rings. The van der Waals surface area contributed by atoms with Crippen LogP contribution in [0.5, 0.6) is 0 Å². The second kappa shape index (κ2) is 8.79. The van der Waals surface area contributed by atoms with E-state index in [4.69, 9.17) is 0 Å². The number of benzene rings is 1. The number of rotatable bonds is 5. The molecule has 0 bridgehead atoms. The van der Waals surface area contributed by atoms with Crippen molar-refractivity contribution in [2.24, 2.45) is 0 Å². The Kier molecular flexibility index (Phi) is 6.82. The van der Waals surface area contributed by atoms with Crippen molar-refractivity contribution in [3.8, 4) is 5.95 Å². The Bertz CT molecular complexity index is 1120. The monoisotopic (exact) mass is 460 g/mol. The Hall–Kier alpha value is -3.00. The van der Waals surface area contributed by atoms with E-state index < -0.39 is 32.2 Å². The third kappa shape index (κ3) is 4.59. The van der Waals surface area contributed by atoms with E-state index in [0.717, 1.165) is 24.3 Å². The van der Waals surface area contributed by atoms with Gasteiger partial charge in [0, 0.05) is 18.0 Å². The fourth-order valence-electron chi connectivity index (χ4n) is 2.36. The predicted octanol–water partition coefficient (Wildman–Crippen LogP) is 1.95. The summed E-state index contributed by atoms with van der Waals surface area (Å²) in [5, 5.41) is 6.61. The zero-order valence-corrected chi connectivity index (χ0v) is 17.0. The van der Waals surface area contributed by atoms with Crippen molar-refractivity contribution in [2.45, 2.75) is 23.4 Å². The molecule has 0 unspecified atom stereocenters. The zero-order valence-electron chi connectivity index (χ0n) is 15.2. The van der Waals surface area contributed by atoms with Gasteiger partial charge in [0.15, 0.2) is 5.82 Å². The van der Waals surface area contributed by atoms with Gasteiger partial charge < -0.3 is 5.32 Å². The maximum atomic E-state index is 12.6. The van der Waals surface area contributed by atoms with Crippen molar-refractivity contribution >= 4 is 29.2 Å². The molecule has 9 nitrogen and oxygen atoms in total. The molecule has 1 aromatic carbocycles. The van der Waals surface area contributed by atoms with Crippen LogP contribution in [0, 0.1) is 0 Å².